The molecular formula is C26H32F2N4O5. The zero-order valence-electron chi connectivity index (χ0n) is 20.7. The van der Waals surface area contributed by atoms with Gasteiger partial charge in [-0.15, -0.1) is 0 Å². The van der Waals surface area contributed by atoms with Crippen molar-refractivity contribution in [3.63, 3.8) is 0 Å². The summed E-state index contributed by atoms with van der Waals surface area (Å²) in [4.78, 5) is 29.0. The molecule has 1 aromatic carbocycles. The molecule has 4 atom stereocenters. The highest BCUT2D eigenvalue weighted by Crippen LogP contribution is 2.28. The van der Waals surface area contributed by atoms with Crippen molar-refractivity contribution in [3.8, 4) is 5.75 Å². The molecule has 2 amide bonds. The van der Waals surface area contributed by atoms with Crippen molar-refractivity contribution in [1.82, 2.24) is 9.88 Å². The Morgan fingerprint density at radius 1 is 1.16 bits per heavy atom. The molecule has 2 bridgehead atoms. The van der Waals surface area contributed by atoms with Gasteiger partial charge in [0, 0.05) is 30.5 Å². The predicted molar refractivity (Wildman–Crippen MR) is 131 cm³/mol. The number of primary amides is 1. The SMILES string of the molecule is CC1CCC(C(=O)Nc2ccnc(C(N)=O)c2)O1.Fc1cccc(OCCN2C3CCC2COC3)c1F. The molecule has 2 aromatic rings. The minimum atomic E-state index is -0.910. The van der Waals surface area contributed by atoms with Crippen LogP contribution in [0.25, 0.3) is 0 Å². The van der Waals surface area contributed by atoms with Crippen LogP contribution in [0.2, 0.25) is 0 Å². The van der Waals surface area contributed by atoms with Gasteiger partial charge in [-0.25, -0.2) is 4.39 Å². The number of hydrogen-bond donors (Lipinski definition) is 2. The number of nitrogens with zero attached hydrogens (tertiary/aromatic N) is 2. The summed E-state index contributed by atoms with van der Waals surface area (Å²) in [5, 5.41) is 2.69. The lowest BCUT2D eigenvalue weighted by molar-refractivity contribution is -0.126. The lowest BCUT2D eigenvalue weighted by Crippen LogP contribution is -2.47. The summed E-state index contributed by atoms with van der Waals surface area (Å²) in [6.45, 7) is 4.57. The van der Waals surface area contributed by atoms with Gasteiger partial charge in [-0.3, -0.25) is 19.5 Å². The van der Waals surface area contributed by atoms with Crippen molar-refractivity contribution in [2.24, 2.45) is 5.73 Å². The van der Waals surface area contributed by atoms with Crippen molar-refractivity contribution >= 4 is 17.5 Å². The second kappa shape index (κ2) is 12.4. The van der Waals surface area contributed by atoms with Gasteiger partial charge in [0.15, 0.2) is 11.6 Å². The first-order valence-corrected chi connectivity index (χ1v) is 12.4. The van der Waals surface area contributed by atoms with Gasteiger partial charge in [-0.05, 0) is 56.9 Å². The topological polar surface area (TPSA) is 116 Å². The molecule has 37 heavy (non-hydrogen) atoms. The van der Waals surface area contributed by atoms with E-state index in [9.17, 15) is 18.4 Å². The summed E-state index contributed by atoms with van der Waals surface area (Å²) in [7, 11) is 0. The number of carbonyl (C=O) groups is 2. The zero-order valence-corrected chi connectivity index (χ0v) is 20.7. The fraction of sp³-hybridized carbons (Fsp3) is 0.500. The Kier molecular flexibility index (Phi) is 9.01. The minimum absolute atomic E-state index is 0.0133. The highest BCUT2D eigenvalue weighted by atomic mass is 19.2. The third-order valence-electron chi connectivity index (χ3n) is 6.72. The van der Waals surface area contributed by atoms with Crippen LogP contribution in [0, 0.1) is 11.6 Å². The molecule has 4 unspecified atom stereocenters. The van der Waals surface area contributed by atoms with Crippen molar-refractivity contribution in [3.05, 3.63) is 53.9 Å². The number of anilines is 1. The van der Waals surface area contributed by atoms with E-state index in [0.29, 0.717) is 30.8 Å². The quantitative estimate of drug-likeness (QED) is 0.579. The second-order valence-corrected chi connectivity index (χ2v) is 9.36. The number of pyridine rings is 1. The van der Waals surface area contributed by atoms with E-state index in [1.165, 1.54) is 24.4 Å². The van der Waals surface area contributed by atoms with Crippen molar-refractivity contribution in [1.29, 1.82) is 0 Å². The van der Waals surface area contributed by atoms with Crippen LogP contribution < -0.4 is 15.8 Å². The molecule has 5 rings (SSSR count). The van der Waals surface area contributed by atoms with E-state index in [0.717, 1.165) is 45.1 Å². The Hall–Kier alpha value is -3.15. The summed E-state index contributed by atoms with van der Waals surface area (Å²) in [5.41, 5.74) is 5.73. The summed E-state index contributed by atoms with van der Waals surface area (Å²) in [6, 6.07) is 7.95. The number of benzene rings is 1. The summed E-state index contributed by atoms with van der Waals surface area (Å²) < 4.78 is 42.7. The Morgan fingerprint density at radius 3 is 2.59 bits per heavy atom. The Morgan fingerprint density at radius 2 is 1.92 bits per heavy atom. The van der Waals surface area contributed by atoms with Gasteiger partial charge in [0.1, 0.15) is 18.4 Å². The third-order valence-corrected chi connectivity index (χ3v) is 6.72. The number of hydrogen-bond acceptors (Lipinski definition) is 7. The monoisotopic (exact) mass is 518 g/mol. The van der Waals surface area contributed by atoms with Gasteiger partial charge in [0.05, 0.1) is 19.3 Å². The summed E-state index contributed by atoms with van der Waals surface area (Å²) >= 11 is 0. The summed E-state index contributed by atoms with van der Waals surface area (Å²) in [6.07, 6.45) is 5.00. The molecule has 9 nitrogen and oxygen atoms in total. The number of fused-ring (bicyclic) bond motifs is 2. The van der Waals surface area contributed by atoms with Crippen molar-refractivity contribution in [2.45, 2.75) is 56.9 Å². The number of carbonyl (C=O) groups excluding carboxylic acids is 2. The lowest BCUT2D eigenvalue weighted by atomic mass is 10.2. The van der Waals surface area contributed by atoms with Gasteiger partial charge < -0.3 is 25.3 Å². The maximum atomic E-state index is 13.4. The van der Waals surface area contributed by atoms with Crippen LogP contribution in [0.5, 0.6) is 5.75 Å². The Bertz CT molecular complexity index is 1090. The Balaban J connectivity index is 0.000000173. The number of nitrogens with one attached hydrogen (secondary N) is 1. The van der Waals surface area contributed by atoms with E-state index >= 15 is 0 Å². The standard InChI is InChI=1S/C14H17F2NO2.C12H15N3O3/c15-12-2-1-3-13(14(12)16)19-7-6-17-10-4-5-11(17)9-18-8-10;1-7-2-3-10(18-7)12(17)15-8-4-5-14-9(6-8)11(13)16/h1-3,10-11H,4-9H2;4-7,10H,2-3H2,1H3,(H2,13,16)(H,14,15,17). The van der Waals surface area contributed by atoms with Crippen LogP contribution in [-0.2, 0) is 14.3 Å². The van der Waals surface area contributed by atoms with E-state index < -0.39 is 23.6 Å². The number of nitrogens with two attached hydrogens (primary N) is 1. The predicted octanol–water partition coefficient (Wildman–Crippen LogP) is 2.89. The van der Waals surface area contributed by atoms with Crippen LogP contribution in [0.15, 0.2) is 36.5 Å². The maximum absolute atomic E-state index is 13.4. The zero-order chi connectivity index (χ0) is 26.4. The van der Waals surface area contributed by atoms with E-state index in [-0.39, 0.29) is 23.5 Å². The van der Waals surface area contributed by atoms with Gasteiger partial charge >= 0.3 is 0 Å². The van der Waals surface area contributed by atoms with Crippen molar-refractivity contribution in [2.75, 3.05) is 31.7 Å². The van der Waals surface area contributed by atoms with Gasteiger partial charge in [-0.1, -0.05) is 6.07 Å². The molecule has 200 valence electrons. The fourth-order valence-electron chi connectivity index (χ4n) is 4.80. The lowest BCUT2D eigenvalue weighted by Gasteiger charge is -2.34. The van der Waals surface area contributed by atoms with E-state index in [2.05, 4.69) is 15.2 Å². The number of morpholine rings is 1. The molecule has 1 aromatic heterocycles. The fourth-order valence-corrected chi connectivity index (χ4v) is 4.80. The molecule has 3 fully saturated rings. The maximum Gasteiger partial charge on any atom is 0.267 e. The number of halogens is 2. The van der Waals surface area contributed by atoms with Crippen LogP contribution in [0.4, 0.5) is 14.5 Å². The third kappa shape index (κ3) is 7.00. The molecule has 3 aliphatic heterocycles. The van der Waals surface area contributed by atoms with Crippen LogP contribution in [-0.4, -0.2) is 72.4 Å². The molecule has 4 heterocycles. The first-order chi connectivity index (χ1) is 17.8. The minimum Gasteiger partial charge on any atom is -0.489 e. The number of amides is 2. The van der Waals surface area contributed by atoms with Crippen LogP contribution >= 0.6 is 0 Å². The van der Waals surface area contributed by atoms with E-state index in [4.69, 9.17) is 19.9 Å². The molecule has 3 N–H and O–H groups in total. The first kappa shape index (κ1) is 26.9. The number of aromatic nitrogens is 1. The molecule has 0 saturated carbocycles. The average Bonchev–Trinajstić information content (AvgIpc) is 3.40. The second-order valence-electron chi connectivity index (χ2n) is 9.36. The molecule has 3 saturated heterocycles. The summed E-state index contributed by atoms with van der Waals surface area (Å²) in [5.74, 6) is -2.63. The van der Waals surface area contributed by atoms with Crippen molar-refractivity contribution < 1.29 is 32.6 Å². The molecule has 0 radical (unpaired) electrons. The van der Waals surface area contributed by atoms with E-state index in [1.54, 1.807) is 6.07 Å². The number of rotatable bonds is 7. The van der Waals surface area contributed by atoms with Gasteiger partial charge in [0.25, 0.3) is 11.8 Å². The van der Waals surface area contributed by atoms with Crippen LogP contribution in [0.3, 0.4) is 0 Å². The van der Waals surface area contributed by atoms with Gasteiger partial charge in [0.2, 0.25) is 5.82 Å². The molecule has 0 spiro atoms. The Labute approximate surface area is 214 Å². The molecule has 11 heteroatoms. The molecule has 0 aliphatic carbocycles. The van der Waals surface area contributed by atoms with Gasteiger partial charge in [-0.2, -0.15) is 4.39 Å². The highest BCUT2D eigenvalue weighted by Gasteiger charge is 2.36. The van der Waals surface area contributed by atoms with Crippen LogP contribution in [0.1, 0.15) is 43.1 Å². The first-order valence-electron chi connectivity index (χ1n) is 12.4. The number of ether oxygens (including phenoxy) is 3. The van der Waals surface area contributed by atoms with E-state index in [1.807, 2.05) is 6.92 Å². The average molecular weight is 519 g/mol. The smallest absolute Gasteiger partial charge is 0.267 e. The highest BCUT2D eigenvalue weighted by molar-refractivity contribution is 5.96. The normalized spacial score (nSPS) is 24.7. The molecule has 3 aliphatic rings. The largest absolute Gasteiger partial charge is 0.489 e. The molecular weight excluding hydrogens is 486 g/mol.